The van der Waals surface area contributed by atoms with Gasteiger partial charge >= 0.3 is 0 Å². The zero-order valence-electron chi connectivity index (χ0n) is 22.0. The van der Waals surface area contributed by atoms with Crippen molar-refractivity contribution in [2.75, 3.05) is 14.1 Å². The topological polar surface area (TPSA) is 86.1 Å². The molecule has 1 unspecified atom stereocenters. The number of aromatic nitrogens is 1. The highest BCUT2D eigenvalue weighted by Gasteiger charge is 2.68. The molecular weight excluding hydrogens is 464 g/mol. The lowest BCUT2D eigenvalue weighted by Gasteiger charge is -2.56. The molecule has 7 atom stereocenters. The smallest absolute Gasteiger partial charge is 0.218 e. The number of aliphatic hydroxyl groups is 2. The summed E-state index contributed by atoms with van der Waals surface area (Å²) in [6, 6.07) is 8.08. The van der Waals surface area contributed by atoms with Crippen LogP contribution >= 0.6 is 0 Å². The molecule has 3 heterocycles. The number of likely N-dealkylation sites (N-methyl/N-ethyl adjacent to an activating group) is 1. The quantitative estimate of drug-likeness (QED) is 0.568. The summed E-state index contributed by atoms with van der Waals surface area (Å²) in [6.07, 6.45) is 8.93. The lowest BCUT2D eigenvalue weighted by Crippen LogP contribution is -2.62. The van der Waals surface area contributed by atoms with Gasteiger partial charge in [-0.2, -0.15) is 0 Å². The summed E-state index contributed by atoms with van der Waals surface area (Å²) in [5, 5.41) is 34.1. The lowest BCUT2D eigenvalue weighted by molar-refractivity contribution is -0.162. The minimum atomic E-state index is -0.911. The molecular formula is C31H36N2O4. The molecule has 3 aliphatic carbocycles. The van der Waals surface area contributed by atoms with Gasteiger partial charge in [0.1, 0.15) is 6.10 Å². The van der Waals surface area contributed by atoms with Crippen molar-refractivity contribution in [3.8, 4) is 5.88 Å². The van der Waals surface area contributed by atoms with E-state index in [2.05, 4.69) is 43.1 Å². The molecule has 2 aliphatic heterocycles. The average Bonchev–Trinajstić information content (AvgIpc) is 3.36. The molecule has 194 valence electrons. The maximum atomic E-state index is 11.2. The molecule has 2 bridgehead atoms. The Morgan fingerprint density at radius 1 is 1.14 bits per heavy atom. The summed E-state index contributed by atoms with van der Waals surface area (Å²) in [5.74, 6) is 0.369. The van der Waals surface area contributed by atoms with Crippen LogP contribution in [0, 0.1) is 11.3 Å². The molecule has 1 aromatic heterocycles. The van der Waals surface area contributed by atoms with Gasteiger partial charge in [-0.15, -0.1) is 0 Å². The van der Waals surface area contributed by atoms with Crippen LogP contribution < -0.4 is 0 Å². The molecule has 1 aromatic carbocycles. The number of aromatic hydroxyl groups is 1. The van der Waals surface area contributed by atoms with E-state index in [1.165, 1.54) is 22.3 Å². The standard InChI is InChI=1S/C31H36N2O4/c1-17-15-29(2)21(19-5-6-20-18(13-19)9-12-32-28(20)36)7-8-25(29)31-11-10-30(37-31)16-24(33(3)4)27(35)26(34)23(30)14-22(17)31/h5-7,9,12-14,24-27,34-35H,8,10-11,15-16H2,1-4H3,(H,32,36)/t24-,25?,26+,27+,29+,30+,31+/m0/s1. The van der Waals surface area contributed by atoms with E-state index in [-0.39, 0.29) is 22.9 Å². The fraction of sp³-hybridized carbons (Fsp3) is 0.516. The molecule has 2 spiro atoms. The van der Waals surface area contributed by atoms with E-state index < -0.39 is 17.8 Å². The number of benzene rings is 1. The Hall–Kier alpha value is -2.51. The van der Waals surface area contributed by atoms with Crippen molar-refractivity contribution in [2.45, 2.75) is 75.4 Å². The third-order valence-corrected chi connectivity index (χ3v) is 10.4. The second-order valence-corrected chi connectivity index (χ2v) is 12.5. The van der Waals surface area contributed by atoms with E-state index in [0.29, 0.717) is 12.3 Å². The molecule has 6 nitrogen and oxygen atoms in total. The summed E-state index contributed by atoms with van der Waals surface area (Å²) in [4.78, 5) is 6.05. The Kier molecular flexibility index (Phi) is 4.81. The second kappa shape index (κ2) is 7.54. The van der Waals surface area contributed by atoms with Gasteiger partial charge in [0.25, 0.3) is 0 Å². The SMILES string of the molecule is CC1=C2C=C3[C@@H](O)[C@H](O)[C@@H](N(C)C)C[C@]34CC[C@]2(O4)C2CC=C(c3ccc4c(O)nccc4c3)[C@@]2(C)C1. The van der Waals surface area contributed by atoms with Crippen molar-refractivity contribution >= 4 is 16.3 Å². The first-order valence-electron chi connectivity index (χ1n) is 13.5. The van der Waals surface area contributed by atoms with Crippen LogP contribution in [0.2, 0.25) is 0 Å². The Bertz CT molecular complexity index is 1430. The van der Waals surface area contributed by atoms with Crippen molar-refractivity contribution in [1.82, 2.24) is 9.88 Å². The van der Waals surface area contributed by atoms with Gasteiger partial charge in [0.15, 0.2) is 0 Å². The van der Waals surface area contributed by atoms with Gasteiger partial charge in [0.05, 0.1) is 17.3 Å². The highest BCUT2D eigenvalue weighted by molar-refractivity contribution is 5.90. The molecule has 37 heavy (non-hydrogen) atoms. The molecule has 5 aliphatic rings. The van der Waals surface area contributed by atoms with Crippen LogP contribution in [-0.4, -0.2) is 68.8 Å². The van der Waals surface area contributed by atoms with E-state index in [1.807, 2.05) is 31.1 Å². The van der Waals surface area contributed by atoms with Crippen molar-refractivity contribution in [1.29, 1.82) is 0 Å². The molecule has 6 heteroatoms. The van der Waals surface area contributed by atoms with Gasteiger partial charge < -0.3 is 25.0 Å². The van der Waals surface area contributed by atoms with Crippen LogP contribution in [0.4, 0.5) is 0 Å². The second-order valence-electron chi connectivity index (χ2n) is 12.5. The fourth-order valence-corrected chi connectivity index (χ4v) is 8.78. The first-order chi connectivity index (χ1) is 17.6. The average molecular weight is 501 g/mol. The van der Waals surface area contributed by atoms with E-state index in [0.717, 1.165) is 42.0 Å². The summed E-state index contributed by atoms with van der Waals surface area (Å²) < 4.78 is 7.30. The van der Waals surface area contributed by atoms with Gasteiger partial charge in [-0.25, -0.2) is 4.98 Å². The fourth-order valence-electron chi connectivity index (χ4n) is 8.78. The highest BCUT2D eigenvalue weighted by Crippen LogP contribution is 2.69. The Labute approximate surface area is 218 Å². The van der Waals surface area contributed by atoms with Crippen molar-refractivity contribution in [3.63, 3.8) is 0 Å². The lowest BCUT2D eigenvalue weighted by atomic mass is 9.56. The predicted octanol–water partition coefficient (Wildman–Crippen LogP) is 4.35. The van der Waals surface area contributed by atoms with Crippen molar-refractivity contribution < 1.29 is 20.1 Å². The summed E-state index contributed by atoms with van der Waals surface area (Å²) in [7, 11) is 3.94. The van der Waals surface area contributed by atoms with Crippen LogP contribution in [0.5, 0.6) is 5.88 Å². The predicted molar refractivity (Wildman–Crippen MR) is 143 cm³/mol. The van der Waals surface area contributed by atoms with E-state index in [1.54, 1.807) is 6.20 Å². The number of aliphatic hydroxyl groups excluding tert-OH is 2. The molecule has 7 rings (SSSR count). The minimum absolute atomic E-state index is 0.0683. The maximum absolute atomic E-state index is 11.2. The maximum Gasteiger partial charge on any atom is 0.218 e. The Morgan fingerprint density at radius 3 is 2.73 bits per heavy atom. The highest BCUT2D eigenvalue weighted by atomic mass is 16.5. The first-order valence-corrected chi connectivity index (χ1v) is 13.5. The Morgan fingerprint density at radius 2 is 1.95 bits per heavy atom. The third kappa shape index (κ3) is 2.93. The zero-order valence-corrected chi connectivity index (χ0v) is 22.0. The molecule has 0 radical (unpaired) electrons. The number of allylic oxidation sites excluding steroid dienone is 3. The molecule has 0 amide bonds. The van der Waals surface area contributed by atoms with Crippen LogP contribution in [0.3, 0.4) is 0 Å². The van der Waals surface area contributed by atoms with Crippen LogP contribution in [0.25, 0.3) is 16.3 Å². The molecule has 2 aromatic rings. The normalized spacial score (nSPS) is 40.4. The van der Waals surface area contributed by atoms with E-state index >= 15 is 0 Å². The molecule has 2 fully saturated rings. The number of fused-ring (bicyclic) bond motifs is 2. The largest absolute Gasteiger partial charge is 0.493 e. The monoisotopic (exact) mass is 500 g/mol. The first kappa shape index (κ1) is 23.6. The van der Waals surface area contributed by atoms with Crippen LogP contribution in [0.1, 0.15) is 51.5 Å². The Balaban J connectivity index is 1.33. The number of rotatable bonds is 2. The van der Waals surface area contributed by atoms with Gasteiger partial charge in [-0.1, -0.05) is 30.7 Å². The van der Waals surface area contributed by atoms with Gasteiger partial charge in [0.2, 0.25) is 5.88 Å². The number of nitrogens with zero attached hydrogens (tertiary/aromatic N) is 2. The zero-order chi connectivity index (χ0) is 25.9. The van der Waals surface area contributed by atoms with Crippen LogP contribution in [-0.2, 0) is 4.74 Å². The third-order valence-electron chi connectivity index (χ3n) is 10.4. The minimum Gasteiger partial charge on any atom is -0.493 e. The number of hydrogen-bond acceptors (Lipinski definition) is 6. The van der Waals surface area contributed by atoms with Gasteiger partial charge in [-0.05, 0) is 99.0 Å². The van der Waals surface area contributed by atoms with E-state index in [9.17, 15) is 15.3 Å². The van der Waals surface area contributed by atoms with E-state index in [4.69, 9.17) is 4.74 Å². The van der Waals surface area contributed by atoms with Crippen molar-refractivity contribution in [3.05, 3.63) is 64.9 Å². The number of ether oxygens (including phenoxy) is 1. The number of pyridine rings is 1. The van der Waals surface area contributed by atoms with Gasteiger partial charge in [-0.3, -0.25) is 0 Å². The van der Waals surface area contributed by atoms with Crippen molar-refractivity contribution in [2.24, 2.45) is 11.3 Å². The molecule has 1 saturated carbocycles. The summed E-state index contributed by atoms with van der Waals surface area (Å²) >= 11 is 0. The summed E-state index contributed by atoms with van der Waals surface area (Å²) in [6.45, 7) is 4.62. The number of hydrogen-bond donors (Lipinski definition) is 3. The molecule has 3 N–H and O–H groups in total. The van der Waals surface area contributed by atoms with Gasteiger partial charge in [0, 0.05) is 29.0 Å². The molecule has 1 saturated heterocycles. The van der Waals surface area contributed by atoms with Crippen LogP contribution in [0.15, 0.2) is 59.3 Å². The summed E-state index contributed by atoms with van der Waals surface area (Å²) in [5.41, 5.74) is 4.99.